The quantitative estimate of drug-likeness (QED) is 0.0617. The number of likely N-dealkylation sites (N-methyl/N-ethyl adjacent to an activating group) is 1. The molecule has 10 heteroatoms. The molecule has 0 atom stereocenters. The summed E-state index contributed by atoms with van der Waals surface area (Å²) < 4.78 is 11.1. The second-order valence-electron chi connectivity index (χ2n) is 16.3. The number of unbranched alkanes of at least 4 members (excludes halogenated alkanes) is 12. The van der Waals surface area contributed by atoms with Gasteiger partial charge in [0.05, 0.1) is 13.2 Å². The molecule has 0 aliphatic carbocycles. The van der Waals surface area contributed by atoms with Crippen molar-refractivity contribution in [3.05, 3.63) is 34.4 Å². The normalized spacial score (nSPS) is 15.9. The van der Waals surface area contributed by atoms with Gasteiger partial charge in [-0.25, -0.2) is 0 Å². The highest BCUT2D eigenvalue weighted by atomic mass is 32.2. The minimum Gasteiger partial charge on any atom is -0.465 e. The van der Waals surface area contributed by atoms with Crippen molar-refractivity contribution in [2.75, 3.05) is 45.7 Å². The van der Waals surface area contributed by atoms with E-state index in [0.29, 0.717) is 33.9 Å². The minimum absolute atomic E-state index is 0.144. The average molecular weight is 828 g/mol. The number of thioether (sulfide) groups is 1. The first kappa shape index (κ1) is 55.8. The lowest BCUT2D eigenvalue weighted by Gasteiger charge is -2.44. The first-order valence-electron chi connectivity index (χ1n) is 21.0. The lowest BCUT2D eigenvalue weighted by atomic mass is 9.84. The lowest BCUT2D eigenvalue weighted by molar-refractivity contribution is -0.191. The van der Waals surface area contributed by atoms with Crippen molar-refractivity contribution in [1.82, 2.24) is 4.90 Å². The second-order valence-corrected chi connectivity index (χ2v) is 19.4. The van der Waals surface area contributed by atoms with Crippen molar-refractivity contribution in [2.45, 2.75) is 180 Å². The Kier molecular flexibility index (Phi) is 36.4. The van der Waals surface area contributed by atoms with Crippen LogP contribution in [0.4, 0.5) is 0 Å². The summed E-state index contributed by atoms with van der Waals surface area (Å²) in [6, 6.07) is 4.29. The Labute approximate surface area is 353 Å². The van der Waals surface area contributed by atoms with Crippen molar-refractivity contribution in [2.24, 2.45) is 5.92 Å². The predicted molar refractivity (Wildman–Crippen MR) is 242 cm³/mol. The van der Waals surface area contributed by atoms with Crippen molar-refractivity contribution in [3.63, 3.8) is 0 Å². The third-order valence-corrected chi connectivity index (χ3v) is 11.6. The fraction of sp³-hybridized carbons (Fsp3) is 0.800. The van der Waals surface area contributed by atoms with Gasteiger partial charge in [0.25, 0.3) is 0 Å². The van der Waals surface area contributed by atoms with Crippen LogP contribution in [0.1, 0.15) is 166 Å². The van der Waals surface area contributed by atoms with Crippen LogP contribution in [0.5, 0.6) is 0 Å². The number of nitrogens with zero attached hydrogens (tertiary/aromatic N) is 1. The molecule has 320 valence electrons. The van der Waals surface area contributed by atoms with Crippen LogP contribution in [0.3, 0.4) is 0 Å². The standard InChI is InChI=1S/C24H48S.C14H20O2S.C5H11NO.CO2.CH2OS/c1-6-7-8-9-10-11-12-13-14-15-16-17-18-19-22-20-23(2,3)25-24(4,5)21-22;1-10-8-13(9-11(2)12(10)3)4-5-14(15)16-6-7-17;1-6-2-4-7-5-3-6;2*2-1-3/h22H,6-21H2,1-5H3;8-9,17H,4-7H2,1-3H3;2-5H2,1H3;;1H,(H,2,3). The molecular formula is C45H81NO6S3. The summed E-state index contributed by atoms with van der Waals surface area (Å²) in [5.41, 5.74) is 5.53. The zero-order valence-electron chi connectivity index (χ0n) is 36.5. The minimum atomic E-state index is -0.144. The van der Waals surface area contributed by atoms with Crippen LogP contribution < -0.4 is 0 Å². The predicted octanol–water partition coefficient (Wildman–Crippen LogP) is 11.7. The van der Waals surface area contributed by atoms with Crippen LogP contribution in [-0.2, 0) is 35.1 Å². The zero-order valence-corrected chi connectivity index (χ0v) is 39.1. The number of benzene rings is 1. The Morgan fingerprint density at radius 1 is 0.873 bits per heavy atom. The first-order chi connectivity index (χ1) is 26.1. The number of rotatable bonds is 19. The molecular weight excluding hydrogens is 747 g/mol. The maximum atomic E-state index is 11.4. The van der Waals surface area contributed by atoms with Gasteiger partial charge in [-0.2, -0.15) is 22.2 Å². The topological polar surface area (TPSA) is 90.0 Å². The van der Waals surface area contributed by atoms with Crippen molar-refractivity contribution >= 4 is 54.8 Å². The van der Waals surface area contributed by atoms with E-state index in [4.69, 9.17) is 23.9 Å². The van der Waals surface area contributed by atoms with Gasteiger partial charge in [0.15, 0.2) is 5.62 Å². The van der Waals surface area contributed by atoms with Gasteiger partial charge < -0.3 is 14.4 Å². The van der Waals surface area contributed by atoms with E-state index in [1.54, 1.807) is 0 Å². The van der Waals surface area contributed by atoms with Gasteiger partial charge in [-0.05, 0) is 75.3 Å². The molecule has 0 spiro atoms. The van der Waals surface area contributed by atoms with E-state index in [1.807, 2.05) is 0 Å². The Morgan fingerprint density at radius 2 is 1.29 bits per heavy atom. The molecule has 0 bridgehead atoms. The van der Waals surface area contributed by atoms with Crippen molar-refractivity contribution < 1.29 is 28.7 Å². The molecule has 0 aromatic heterocycles. The van der Waals surface area contributed by atoms with Crippen LogP contribution in [-0.4, -0.2) is 77.8 Å². The van der Waals surface area contributed by atoms with E-state index in [-0.39, 0.29) is 12.1 Å². The summed E-state index contributed by atoms with van der Waals surface area (Å²) in [6.45, 7) is 22.9. The van der Waals surface area contributed by atoms with Gasteiger partial charge >= 0.3 is 12.1 Å². The largest absolute Gasteiger partial charge is 0.465 e. The Hall–Kier alpha value is -1.29. The van der Waals surface area contributed by atoms with E-state index < -0.39 is 0 Å². The van der Waals surface area contributed by atoms with Crippen LogP contribution >= 0.6 is 37.0 Å². The monoisotopic (exact) mass is 828 g/mol. The van der Waals surface area contributed by atoms with Gasteiger partial charge in [0, 0.05) is 34.8 Å². The molecule has 0 saturated carbocycles. The summed E-state index contributed by atoms with van der Waals surface area (Å²) in [5.74, 6) is 1.41. The van der Waals surface area contributed by atoms with E-state index in [0.717, 1.165) is 38.6 Å². The highest BCUT2D eigenvalue weighted by molar-refractivity contribution is 8.02. The molecule has 0 amide bonds. The van der Waals surface area contributed by atoms with E-state index >= 15 is 0 Å². The van der Waals surface area contributed by atoms with Crippen LogP contribution in [0.2, 0.25) is 0 Å². The van der Waals surface area contributed by atoms with Gasteiger partial charge in [0.2, 0.25) is 0 Å². The molecule has 0 unspecified atom stereocenters. The molecule has 2 saturated heterocycles. The average Bonchev–Trinajstić information content (AvgIpc) is 3.11. The van der Waals surface area contributed by atoms with E-state index in [1.165, 1.54) is 125 Å². The van der Waals surface area contributed by atoms with Gasteiger partial charge in [-0.1, -0.05) is 137 Å². The van der Waals surface area contributed by atoms with Gasteiger partial charge in [0.1, 0.15) is 6.61 Å². The molecule has 0 N–H and O–H groups in total. The van der Waals surface area contributed by atoms with E-state index in [2.05, 4.69) is 116 Å². The van der Waals surface area contributed by atoms with Crippen LogP contribution in [0, 0.1) is 26.7 Å². The molecule has 0 radical (unpaired) electrons. The summed E-state index contributed by atoms with van der Waals surface area (Å²) in [6.07, 6.45) is 24.8. The molecule has 55 heavy (non-hydrogen) atoms. The zero-order chi connectivity index (χ0) is 42.0. The maximum Gasteiger partial charge on any atom is 0.373 e. The number of morpholine rings is 1. The van der Waals surface area contributed by atoms with Crippen LogP contribution in [0.25, 0.3) is 0 Å². The number of hydrogen-bond acceptors (Lipinski definition) is 9. The highest BCUT2D eigenvalue weighted by Gasteiger charge is 2.38. The Balaban J connectivity index is 0. The van der Waals surface area contributed by atoms with Crippen molar-refractivity contribution in [1.29, 1.82) is 0 Å². The number of esters is 1. The number of ether oxygens (including phenoxy) is 2. The smallest absolute Gasteiger partial charge is 0.373 e. The molecule has 3 rings (SSSR count). The number of hydrogen-bond donors (Lipinski definition) is 2. The van der Waals surface area contributed by atoms with Gasteiger partial charge in [-0.15, -0.1) is 24.4 Å². The number of carbonyl (C=O) groups is 2. The maximum absolute atomic E-state index is 11.4. The van der Waals surface area contributed by atoms with Crippen molar-refractivity contribution in [3.8, 4) is 0 Å². The summed E-state index contributed by atoms with van der Waals surface area (Å²) in [4.78, 5) is 38.5. The molecule has 1 aromatic carbocycles. The fourth-order valence-electron chi connectivity index (χ4n) is 7.35. The number of aryl methyl sites for hydroxylation is 3. The summed E-state index contributed by atoms with van der Waals surface area (Å²) in [5, 5.41) is 0. The second kappa shape index (κ2) is 35.8. The third kappa shape index (κ3) is 34.5. The number of thiol groups is 2. The molecule has 1 aromatic rings. The number of carbonyl (C=O) groups excluding carboxylic acids is 4. The molecule has 2 aliphatic heterocycles. The highest BCUT2D eigenvalue weighted by Crippen LogP contribution is 2.50. The fourth-order valence-corrected chi connectivity index (χ4v) is 9.58. The summed E-state index contributed by atoms with van der Waals surface area (Å²) in [7, 11) is 2.11. The SMILES string of the molecule is CCCCCCCCCCCCCCCC1CC(C)(C)SC(C)(C)C1.CN1CCOCC1.Cc1cc(CCC(=O)OCCS)cc(C)c1C.O=C=O.O=CS. The Morgan fingerprint density at radius 3 is 1.67 bits per heavy atom. The first-order valence-corrected chi connectivity index (χ1v) is 22.9. The van der Waals surface area contributed by atoms with Gasteiger partial charge in [-0.3, -0.25) is 9.59 Å². The third-order valence-electron chi connectivity index (χ3n) is 10.0. The summed E-state index contributed by atoms with van der Waals surface area (Å²) >= 11 is 9.31. The molecule has 2 heterocycles. The molecule has 2 aliphatic rings. The molecule has 7 nitrogen and oxygen atoms in total. The Bertz CT molecular complexity index is 1090. The lowest BCUT2D eigenvalue weighted by Crippen LogP contribution is -2.36. The molecule has 2 fully saturated rings. The van der Waals surface area contributed by atoms with Crippen LogP contribution in [0.15, 0.2) is 12.1 Å². The van der Waals surface area contributed by atoms with E-state index in [9.17, 15) is 4.79 Å².